The van der Waals surface area contributed by atoms with E-state index < -0.39 is 20.0 Å². The predicted molar refractivity (Wildman–Crippen MR) is 323 cm³/mol. The van der Waals surface area contributed by atoms with Gasteiger partial charge in [0.05, 0.1) is 33.8 Å². The van der Waals surface area contributed by atoms with E-state index in [-0.39, 0.29) is 25.1 Å². The van der Waals surface area contributed by atoms with Gasteiger partial charge in [0.25, 0.3) is 0 Å². The third-order valence-electron chi connectivity index (χ3n) is 13.7. The molecular formula is C65H120N2O7P+. The standard InChI is InChI=1S/C65H119N2O7P/c1-7-10-13-16-19-22-25-27-29-30-31-32-33-34-35-36-38-39-42-45-48-51-54-57-64(68)66-62(61-73-75(70,71)72-60-59-67(4,5)6)63(56-53-50-47-44-41-24-21-18-15-12-9-3)74-65(69)58-55-52-49-46-43-40-37-28-26-23-20-17-14-11-8-2/h10,13,19,22,27,29,31-32,34-35,53,56,62-63H,7-9,11-12,14-18,20-21,23-26,28,30,33,36-52,54-55,57-61H2,1-6H3,(H-,66,68,70,71)/p+1/b13-10-,22-19-,29-27-,32-31-,35-34-,56-53-. The van der Waals surface area contributed by atoms with Gasteiger partial charge in [-0.1, -0.05) is 261 Å². The fraction of sp³-hybridized carbons (Fsp3) is 0.785. The SMILES string of the molecule is CC/C=C\C/C=C\C/C=C\C/C=C\C/C=C\CCCCCCCCCC(=O)NC(COP(=O)(O)OCC[N+](C)(C)C)C(/C=C\CCCCCCCCCCC)OC(=O)CCCCCCCCCCCCCCCCC. The van der Waals surface area contributed by atoms with Crippen LogP contribution in [0.2, 0.25) is 0 Å². The second kappa shape index (κ2) is 54.8. The highest BCUT2D eigenvalue weighted by molar-refractivity contribution is 7.47. The molecule has 0 saturated heterocycles. The minimum absolute atomic E-state index is 0.0366. The molecule has 0 aromatic heterocycles. The second-order valence-electron chi connectivity index (χ2n) is 22.2. The van der Waals surface area contributed by atoms with Crippen LogP contribution in [-0.2, 0) is 27.9 Å². The molecule has 2 N–H and O–H groups in total. The van der Waals surface area contributed by atoms with Crippen molar-refractivity contribution < 1.29 is 37.3 Å². The number of carbonyl (C=O) groups is 2. The lowest BCUT2D eigenvalue weighted by molar-refractivity contribution is -0.870. The lowest BCUT2D eigenvalue weighted by Gasteiger charge is -2.27. The molecule has 0 rings (SSSR count). The Bertz CT molecular complexity index is 1510. The van der Waals surface area contributed by atoms with E-state index >= 15 is 0 Å². The van der Waals surface area contributed by atoms with Crippen LogP contribution in [0.5, 0.6) is 0 Å². The van der Waals surface area contributed by atoms with E-state index in [0.29, 0.717) is 23.9 Å². The lowest BCUT2D eigenvalue weighted by atomic mass is 10.0. The number of rotatable bonds is 56. The average molecular weight is 1070 g/mol. The smallest absolute Gasteiger partial charge is 0.456 e. The zero-order valence-corrected chi connectivity index (χ0v) is 50.7. The van der Waals surface area contributed by atoms with Crippen molar-refractivity contribution in [3.63, 3.8) is 0 Å². The van der Waals surface area contributed by atoms with E-state index in [1.54, 1.807) is 0 Å². The van der Waals surface area contributed by atoms with Crippen LogP contribution >= 0.6 is 7.82 Å². The van der Waals surface area contributed by atoms with Crippen LogP contribution < -0.4 is 5.32 Å². The summed E-state index contributed by atoms with van der Waals surface area (Å²) in [6.45, 7) is 6.90. The minimum atomic E-state index is -4.45. The Morgan fingerprint density at radius 3 is 1.28 bits per heavy atom. The van der Waals surface area contributed by atoms with Crippen molar-refractivity contribution in [3.8, 4) is 0 Å². The minimum Gasteiger partial charge on any atom is -0.456 e. The molecule has 0 heterocycles. The molecule has 0 aliphatic rings. The summed E-state index contributed by atoms with van der Waals surface area (Å²) < 4.78 is 30.7. The fourth-order valence-corrected chi connectivity index (χ4v) is 9.59. The molecule has 75 heavy (non-hydrogen) atoms. The third-order valence-corrected chi connectivity index (χ3v) is 14.6. The Labute approximate surface area is 463 Å². The monoisotopic (exact) mass is 1070 g/mol. The lowest BCUT2D eigenvalue weighted by Crippen LogP contribution is -2.47. The summed E-state index contributed by atoms with van der Waals surface area (Å²) in [5.74, 6) is -0.513. The fourth-order valence-electron chi connectivity index (χ4n) is 8.85. The molecule has 0 aliphatic heterocycles. The number of quaternary nitrogens is 1. The van der Waals surface area contributed by atoms with E-state index in [9.17, 15) is 19.0 Å². The Balaban J connectivity index is 5.19. The molecule has 0 saturated carbocycles. The first kappa shape index (κ1) is 72.5. The largest absolute Gasteiger partial charge is 0.472 e. The van der Waals surface area contributed by atoms with Gasteiger partial charge >= 0.3 is 13.8 Å². The molecule has 0 fully saturated rings. The third kappa shape index (κ3) is 56.0. The van der Waals surface area contributed by atoms with Gasteiger partial charge in [-0.2, -0.15) is 0 Å². The van der Waals surface area contributed by atoms with Gasteiger partial charge in [0.15, 0.2) is 0 Å². The van der Waals surface area contributed by atoms with Gasteiger partial charge in [-0.05, 0) is 76.7 Å². The molecular weight excluding hydrogens is 952 g/mol. The summed E-state index contributed by atoms with van der Waals surface area (Å²) in [5.41, 5.74) is 0. The topological polar surface area (TPSA) is 111 Å². The van der Waals surface area contributed by atoms with Gasteiger partial charge in [0, 0.05) is 12.8 Å². The number of phosphoric acid groups is 1. The first-order valence-electron chi connectivity index (χ1n) is 31.3. The van der Waals surface area contributed by atoms with Crippen LogP contribution in [0.25, 0.3) is 0 Å². The van der Waals surface area contributed by atoms with Crippen molar-refractivity contribution in [1.29, 1.82) is 0 Å². The van der Waals surface area contributed by atoms with Crippen LogP contribution in [0.1, 0.15) is 278 Å². The Kier molecular flexibility index (Phi) is 52.9. The maximum Gasteiger partial charge on any atom is 0.472 e. The number of nitrogens with zero attached hydrogens (tertiary/aromatic N) is 1. The summed E-state index contributed by atoms with van der Waals surface area (Å²) in [6, 6.07) is -0.854. The van der Waals surface area contributed by atoms with E-state index in [1.807, 2.05) is 33.3 Å². The van der Waals surface area contributed by atoms with Crippen LogP contribution in [-0.4, -0.2) is 74.3 Å². The highest BCUT2D eigenvalue weighted by atomic mass is 31.2. The molecule has 10 heteroatoms. The number of hydrogen-bond donors (Lipinski definition) is 2. The summed E-state index contributed by atoms with van der Waals surface area (Å²) in [6.07, 6.45) is 70.4. The zero-order valence-electron chi connectivity index (χ0n) is 49.8. The molecule has 9 nitrogen and oxygen atoms in total. The van der Waals surface area contributed by atoms with Gasteiger partial charge in [0.1, 0.15) is 19.3 Å². The maximum absolute atomic E-state index is 13.5. The summed E-state index contributed by atoms with van der Waals surface area (Å²) in [4.78, 5) is 37.7. The molecule has 436 valence electrons. The molecule has 1 amide bonds. The highest BCUT2D eigenvalue weighted by Gasteiger charge is 2.30. The number of phosphoric ester groups is 1. The van der Waals surface area contributed by atoms with Crippen molar-refractivity contribution >= 4 is 19.7 Å². The number of unbranched alkanes of at least 4 members (excludes halogenated alkanes) is 30. The van der Waals surface area contributed by atoms with Crippen LogP contribution in [0.3, 0.4) is 0 Å². The van der Waals surface area contributed by atoms with E-state index in [0.717, 1.165) is 103 Å². The average Bonchev–Trinajstić information content (AvgIpc) is 3.37. The Hall–Kier alpha value is -2.55. The van der Waals surface area contributed by atoms with E-state index in [2.05, 4.69) is 86.8 Å². The van der Waals surface area contributed by atoms with Crippen molar-refractivity contribution in [2.75, 3.05) is 40.9 Å². The number of likely N-dealkylation sites (N-methyl/N-ethyl adjacent to an activating group) is 1. The Morgan fingerprint density at radius 1 is 0.480 bits per heavy atom. The number of nitrogens with one attached hydrogen (secondary N) is 1. The number of esters is 1. The number of allylic oxidation sites excluding steroid dienone is 11. The van der Waals surface area contributed by atoms with Crippen molar-refractivity contribution in [1.82, 2.24) is 5.32 Å². The number of amides is 1. The molecule has 3 atom stereocenters. The normalized spacial score (nSPS) is 14.2. The van der Waals surface area contributed by atoms with Crippen molar-refractivity contribution in [2.45, 2.75) is 290 Å². The van der Waals surface area contributed by atoms with Crippen LogP contribution in [0.4, 0.5) is 0 Å². The molecule has 0 aromatic carbocycles. The first-order valence-corrected chi connectivity index (χ1v) is 32.8. The van der Waals surface area contributed by atoms with Crippen LogP contribution in [0, 0.1) is 0 Å². The van der Waals surface area contributed by atoms with Gasteiger partial charge in [-0.15, -0.1) is 0 Å². The molecule has 0 aromatic rings. The molecule has 0 aliphatic carbocycles. The van der Waals surface area contributed by atoms with Crippen molar-refractivity contribution in [2.24, 2.45) is 0 Å². The molecule has 0 spiro atoms. The van der Waals surface area contributed by atoms with Gasteiger partial charge in [-0.25, -0.2) is 4.57 Å². The first-order chi connectivity index (χ1) is 36.4. The summed E-state index contributed by atoms with van der Waals surface area (Å²) >= 11 is 0. The van der Waals surface area contributed by atoms with Crippen LogP contribution in [0.15, 0.2) is 72.9 Å². The molecule has 0 bridgehead atoms. The van der Waals surface area contributed by atoms with Crippen molar-refractivity contribution in [3.05, 3.63) is 72.9 Å². The van der Waals surface area contributed by atoms with E-state index in [4.69, 9.17) is 13.8 Å². The predicted octanol–water partition coefficient (Wildman–Crippen LogP) is 19.2. The summed E-state index contributed by atoms with van der Waals surface area (Å²) in [7, 11) is 1.49. The zero-order chi connectivity index (χ0) is 55.0. The number of hydrogen-bond acceptors (Lipinski definition) is 6. The second-order valence-corrected chi connectivity index (χ2v) is 23.7. The Morgan fingerprint density at radius 2 is 0.853 bits per heavy atom. The molecule has 0 radical (unpaired) electrons. The maximum atomic E-state index is 13.5. The summed E-state index contributed by atoms with van der Waals surface area (Å²) in [5, 5.41) is 3.05. The number of ether oxygens (including phenoxy) is 1. The number of carbonyl (C=O) groups excluding carboxylic acids is 2. The van der Waals surface area contributed by atoms with E-state index in [1.165, 1.54) is 141 Å². The quantitative estimate of drug-likeness (QED) is 0.0205. The van der Waals surface area contributed by atoms with Gasteiger partial charge in [0.2, 0.25) is 5.91 Å². The van der Waals surface area contributed by atoms with Gasteiger partial charge in [-0.3, -0.25) is 18.6 Å². The highest BCUT2D eigenvalue weighted by Crippen LogP contribution is 2.43. The molecule has 3 unspecified atom stereocenters. The van der Waals surface area contributed by atoms with Gasteiger partial charge < -0.3 is 19.4 Å².